The lowest BCUT2D eigenvalue weighted by atomic mass is 10.2. The van der Waals surface area contributed by atoms with Crippen molar-refractivity contribution in [3.05, 3.63) is 22.6 Å². The lowest BCUT2D eigenvalue weighted by Gasteiger charge is -2.27. The number of carbonyl (C=O) groups is 1. The van der Waals surface area contributed by atoms with Gasteiger partial charge in [-0.1, -0.05) is 0 Å². The third-order valence-electron chi connectivity index (χ3n) is 4.05. The second-order valence-electron chi connectivity index (χ2n) is 5.71. The van der Waals surface area contributed by atoms with Crippen molar-refractivity contribution in [3.63, 3.8) is 0 Å². The summed E-state index contributed by atoms with van der Waals surface area (Å²) in [6, 6.07) is 6.24. The smallest absolute Gasteiger partial charge is 0.348 e. The number of fused-ring (bicyclic) bond motifs is 3. The van der Waals surface area contributed by atoms with Crippen LogP contribution in [0.15, 0.2) is 17.7 Å². The average Bonchev–Trinajstić information content (AvgIpc) is 3.31. The first-order chi connectivity index (χ1) is 12.7. The molecular formula is C18H16N2O3S3. The molecular weight excluding hydrogens is 388 g/mol. The van der Waals surface area contributed by atoms with Gasteiger partial charge in [0.2, 0.25) is 0 Å². The molecule has 0 unspecified atom stereocenters. The maximum Gasteiger partial charge on any atom is 0.348 e. The number of carbonyl (C=O) groups excluding carboxylic acids is 1. The fourth-order valence-corrected chi connectivity index (χ4v) is 6.86. The molecule has 0 radical (unpaired) electrons. The molecule has 0 amide bonds. The Morgan fingerprint density at radius 2 is 2.00 bits per heavy atom. The second-order valence-corrected chi connectivity index (χ2v) is 8.91. The van der Waals surface area contributed by atoms with Crippen molar-refractivity contribution in [2.45, 2.75) is 6.92 Å². The van der Waals surface area contributed by atoms with Gasteiger partial charge >= 0.3 is 5.97 Å². The van der Waals surface area contributed by atoms with E-state index in [1.54, 1.807) is 47.0 Å². The van der Waals surface area contributed by atoms with Gasteiger partial charge in [-0.2, -0.15) is 5.26 Å². The number of nitriles is 1. The Morgan fingerprint density at radius 1 is 1.27 bits per heavy atom. The van der Waals surface area contributed by atoms with E-state index in [-0.39, 0.29) is 12.2 Å². The molecule has 4 rings (SSSR count). The van der Waals surface area contributed by atoms with Gasteiger partial charge in [0.05, 0.1) is 34.2 Å². The summed E-state index contributed by atoms with van der Waals surface area (Å²) in [6.45, 7) is 5.41. The monoisotopic (exact) mass is 404 g/mol. The molecule has 0 aromatic carbocycles. The Kier molecular flexibility index (Phi) is 4.96. The van der Waals surface area contributed by atoms with Crippen LogP contribution >= 0.6 is 34.0 Å². The molecule has 1 aliphatic rings. The third-order valence-corrected chi connectivity index (χ3v) is 7.84. The standard InChI is InChI=1S/C18H16N2O3S3/c1-2-23-18(21)11(10-19)7-12-8-13-16(24-12)17-14(25-13)9-15(26-17)20-3-5-22-6-4-20/h7-9H,2-6H2,1H3/b11-7+. The zero-order chi connectivity index (χ0) is 18.1. The predicted octanol–water partition coefficient (Wildman–Crippen LogP) is 4.48. The number of nitrogens with zero attached hydrogens (tertiary/aromatic N) is 2. The highest BCUT2D eigenvalue weighted by Gasteiger charge is 2.18. The van der Waals surface area contributed by atoms with Crippen LogP contribution in [0.5, 0.6) is 0 Å². The van der Waals surface area contributed by atoms with Crippen LogP contribution in [0.2, 0.25) is 0 Å². The molecule has 0 atom stereocenters. The Hall–Kier alpha value is -1.92. The van der Waals surface area contributed by atoms with Crippen LogP contribution in [0.4, 0.5) is 5.00 Å². The molecule has 0 saturated carbocycles. The largest absolute Gasteiger partial charge is 0.462 e. The molecule has 1 aliphatic heterocycles. The predicted molar refractivity (Wildman–Crippen MR) is 108 cm³/mol. The van der Waals surface area contributed by atoms with Gasteiger partial charge in [0, 0.05) is 27.4 Å². The van der Waals surface area contributed by atoms with Gasteiger partial charge < -0.3 is 14.4 Å². The van der Waals surface area contributed by atoms with Gasteiger partial charge in [0.15, 0.2) is 0 Å². The van der Waals surface area contributed by atoms with Crippen LogP contribution in [0.25, 0.3) is 24.9 Å². The summed E-state index contributed by atoms with van der Waals surface area (Å²) in [5.41, 5.74) is 0.0391. The van der Waals surface area contributed by atoms with Gasteiger partial charge in [-0.15, -0.1) is 34.0 Å². The average molecular weight is 405 g/mol. The minimum absolute atomic E-state index is 0.0391. The molecule has 1 fully saturated rings. The summed E-state index contributed by atoms with van der Waals surface area (Å²) < 4.78 is 15.3. The van der Waals surface area contributed by atoms with E-state index in [4.69, 9.17) is 9.47 Å². The number of ether oxygens (including phenoxy) is 2. The van der Waals surface area contributed by atoms with Crippen LogP contribution in [0.1, 0.15) is 11.8 Å². The van der Waals surface area contributed by atoms with Crippen molar-refractivity contribution in [1.82, 2.24) is 0 Å². The lowest BCUT2D eigenvalue weighted by Crippen LogP contribution is -2.35. The van der Waals surface area contributed by atoms with Gasteiger partial charge in [-0.05, 0) is 25.1 Å². The summed E-state index contributed by atoms with van der Waals surface area (Å²) >= 11 is 5.18. The first kappa shape index (κ1) is 17.5. The van der Waals surface area contributed by atoms with E-state index in [0.717, 1.165) is 31.2 Å². The van der Waals surface area contributed by atoms with Crippen molar-refractivity contribution in [1.29, 1.82) is 5.26 Å². The molecule has 26 heavy (non-hydrogen) atoms. The van der Waals surface area contributed by atoms with Crippen molar-refractivity contribution in [2.24, 2.45) is 0 Å². The maximum atomic E-state index is 11.8. The molecule has 3 aromatic heterocycles. The van der Waals surface area contributed by atoms with Crippen molar-refractivity contribution in [3.8, 4) is 6.07 Å². The van der Waals surface area contributed by atoms with Crippen LogP contribution < -0.4 is 4.90 Å². The van der Waals surface area contributed by atoms with Gasteiger partial charge in [0.25, 0.3) is 0 Å². The second kappa shape index (κ2) is 7.37. The van der Waals surface area contributed by atoms with Gasteiger partial charge in [0.1, 0.15) is 11.6 Å². The Labute approximate surface area is 162 Å². The molecule has 134 valence electrons. The van der Waals surface area contributed by atoms with Crippen molar-refractivity contribution in [2.75, 3.05) is 37.8 Å². The van der Waals surface area contributed by atoms with Gasteiger partial charge in [-0.3, -0.25) is 0 Å². The zero-order valence-corrected chi connectivity index (χ0v) is 16.6. The van der Waals surface area contributed by atoms with Crippen molar-refractivity contribution >= 4 is 69.9 Å². The maximum absolute atomic E-state index is 11.8. The number of hydrogen-bond acceptors (Lipinski definition) is 8. The van der Waals surface area contributed by atoms with E-state index < -0.39 is 5.97 Å². The van der Waals surface area contributed by atoms with E-state index in [0.29, 0.717) is 0 Å². The minimum atomic E-state index is -0.567. The third kappa shape index (κ3) is 3.23. The van der Waals surface area contributed by atoms with E-state index >= 15 is 0 Å². The highest BCUT2D eigenvalue weighted by molar-refractivity contribution is 7.39. The van der Waals surface area contributed by atoms with Crippen LogP contribution in [-0.4, -0.2) is 38.9 Å². The number of esters is 1. The lowest BCUT2D eigenvalue weighted by molar-refractivity contribution is -0.137. The van der Waals surface area contributed by atoms with Gasteiger partial charge in [-0.25, -0.2) is 4.79 Å². The van der Waals surface area contributed by atoms with E-state index in [1.807, 2.05) is 12.1 Å². The molecule has 3 aromatic rings. The number of morpholine rings is 1. The normalized spacial score (nSPS) is 15.5. The van der Waals surface area contributed by atoms with Crippen molar-refractivity contribution < 1.29 is 14.3 Å². The molecule has 0 aliphatic carbocycles. The summed E-state index contributed by atoms with van der Waals surface area (Å²) in [7, 11) is 0. The number of thiophene rings is 3. The molecule has 0 bridgehead atoms. The van der Waals surface area contributed by atoms with Crippen LogP contribution in [0, 0.1) is 11.3 Å². The Bertz CT molecular complexity index is 1030. The summed E-state index contributed by atoms with van der Waals surface area (Å²) in [6.07, 6.45) is 1.62. The molecule has 1 saturated heterocycles. The van der Waals surface area contributed by atoms with E-state index in [2.05, 4.69) is 11.0 Å². The number of hydrogen-bond donors (Lipinski definition) is 0. The SMILES string of the molecule is CCOC(=O)/C(C#N)=C/c1cc2sc3cc(N4CCOCC4)sc3c2s1. The molecule has 4 heterocycles. The molecule has 5 nitrogen and oxygen atoms in total. The first-order valence-corrected chi connectivity index (χ1v) is 10.7. The summed E-state index contributed by atoms with van der Waals surface area (Å²) in [4.78, 5) is 15.1. The molecule has 0 spiro atoms. The zero-order valence-electron chi connectivity index (χ0n) is 14.1. The van der Waals surface area contributed by atoms with E-state index in [1.165, 1.54) is 23.8 Å². The van der Waals surface area contributed by atoms with E-state index in [9.17, 15) is 10.1 Å². The minimum Gasteiger partial charge on any atom is -0.462 e. The Morgan fingerprint density at radius 3 is 2.73 bits per heavy atom. The topological polar surface area (TPSA) is 62.6 Å². The molecule has 8 heteroatoms. The fraction of sp³-hybridized carbons (Fsp3) is 0.333. The van der Waals surface area contributed by atoms with Crippen LogP contribution in [-0.2, 0) is 14.3 Å². The highest BCUT2D eigenvalue weighted by Crippen LogP contribution is 2.46. The summed E-state index contributed by atoms with van der Waals surface area (Å²) in [5.74, 6) is -0.567. The van der Waals surface area contributed by atoms with Crippen LogP contribution in [0.3, 0.4) is 0 Å². The first-order valence-electron chi connectivity index (χ1n) is 8.27. The summed E-state index contributed by atoms with van der Waals surface area (Å²) in [5, 5.41) is 10.5. The highest BCUT2D eigenvalue weighted by atomic mass is 32.1. The Balaban J connectivity index is 1.67. The number of rotatable bonds is 4. The fourth-order valence-electron chi connectivity index (χ4n) is 2.84. The number of anilines is 1. The quantitative estimate of drug-likeness (QED) is 0.364. The molecule has 0 N–H and O–H groups in total.